The largest absolute Gasteiger partial charge is 0.0872 e. The second-order valence-electron chi connectivity index (χ2n) is 2.57. The zero-order valence-electron chi connectivity index (χ0n) is 5.15. The first kappa shape index (κ1) is 6.34. The fraction of sp³-hybridized carbons (Fsp3) is 0.714. The molecular formula is C7H11Br. The van der Waals surface area contributed by atoms with E-state index in [0.717, 1.165) is 0 Å². The summed E-state index contributed by atoms with van der Waals surface area (Å²) < 4.78 is 0.311. The Bertz CT molecular complexity index is 103. The third kappa shape index (κ3) is 1.62. The van der Waals surface area contributed by atoms with Crippen LogP contribution in [-0.4, -0.2) is 4.32 Å². The van der Waals surface area contributed by atoms with E-state index in [4.69, 9.17) is 0 Å². The summed E-state index contributed by atoms with van der Waals surface area (Å²) in [7, 11) is 0. The van der Waals surface area contributed by atoms with E-state index in [-0.39, 0.29) is 0 Å². The Balaban J connectivity index is 2.56. The lowest BCUT2D eigenvalue weighted by Gasteiger charge is -2.20. The van der Waals surface area contributed by atoms with Gasteiger partial charge in [-0.05, 0) is 26.2 Å². The van der Waals surface area contributed by atoms with Crippen molar-refractivity contribution in [3.05, 3.63) is 12.2 Å². The van der Waals surface area contributed by atoms with E-state index in [1.54, 1.807) is 0 Å². The van der Waals surface area contributed by atoms with Gasteiger partial charge in [-0.25, -0.2) is 0 Å². The molecule has 1 unspecified atom stereocenters. The highest BCUT2D eigenvalue weighted by Crippen LogP contribution is 2.29. The molecule has 1 atom stereocenters. The lowest BCUT2D eigenvalue weighted by Crippen LogP contribution is -2.13. The van der Waals surface area contributed by atoms with Gasteiger partial charge in [-0.15, -0.1) is 0 Å². The third-order valence-electron chi connectivity index (χ3n) is 1.50. The standard InChI is InChI=1S/C7H11Br/c1-7(8)5-3-2-4-6-7/h3,5H,2,4,6H2,1H3. The van der Waals surface area contributed by atoms with E-state index >= 15 is 0 Å². The molecule has 0 heterocycles. The molecule has 1 aliphatic rings. The van der Waals surface area contributed by atoms with Crippen LogP contribution in [0.5, 0.6) is 0 Å². The molecule has 1 aliphatic carbocycles. The SMILES string of the molecule is CC1(Br)C=CCCC1. The zero-order chi connectivity index (χ0) is 6.04. The molecule has 0 radical (unpaired) electrons. The fourth-order valence-corrected chi connectivity index (χ4v) is 1.45. The summed E-state index contributed by atoms with van der Waals surface area (Å²) in [5.41, 5.74) is 0. The van der Waals surface area contributed by atoms with Gasteiger partial charge in [0.15, 0.2) is 0 Å². The van der Waals surface area contributed by atoms with Crippen LogP contribution < -0.4 is 0 Å². The third-order valence-corrected chi connectivity index (χ3v) is 2.16. The van der Waals surface area contributed by atoms with Crippen molar-refractivity contribution in [2.24, 2.45) is 0 Å². The van der Waals surface area contributed by atoms with Gasteiger partial charge >= 0.3 is 0 Å². The molecule has 0 aromatic rings. The monoisotopic (exact) mass is 174 g/mol. The fourth-order valence-electron chi connectivity index (χ4n) is 0.978. The zero-order valence-corrected chi connectivity index (χ0v) is 6.74. The highest BCUT2D eigenvalue weighted by molar-refractivity contribution is 9.10. The summed E-state index contributed by atoms with van der Waals surface area (Å²) in [5.74, 6) is 0. The maximum absolute atomic E-state index is 3.61. The average Bonchev–Trinajstić information content (AvgIpc) is 1.65. The molecule has 0 bridgehead atoms. The lowest BCUT2D eigenvalue weighted by molar-refractivity contribution is 0.635. The van der Waals surface area contributed by atoms with Crippen LogP contribution in [0, 0.1) is 0 Å². The van der Waals surface area contributed by atoms with E-state index in [1.807, 2.05) is 0 Å². The van der Waals surface area contributed by atoms with Crippen LogP contribution >= 0.6 is 15.9 Å². The first-order chi connectivity index (χ1) is 3.71. The summed E-state index contributed by atoms with van der Waals surface area (Å²) in [6.07, 6.45) is 8.37. The summed E-state index contributed by atoms with van der Waals surface area (Å²) in [6.45, 7) is 2.21. The van der Waals surface area contributed by atoms with Crippen LogP contribution in [0.25, 0.3) is 0 Å². The van der Waals surface area contributed by atoms with Gasteiger partial charge in [-0.1, -0.05) is 28.1 Å². The summed E-state index contributed by atoms with van der Waals surface area (Å²) in [4.78, 5) is 0. The van der Waals surface area contributed by atoms with Crippen molar-refractivity contribution in [1.29, 1.82) is 0 Å². The maximum Gasteiger partial charge on any atom is 0.0408 e. The molecule has 0 nitrogen and oxygen atoms in total. The van der Waals surface area contributed by atoms with Crippen molar-refractivity contribution < 1.29 is 0 Å². The van der Waals surface area contributed by atoms with E-state index in [2.05, 4.69) is 35.0 Å². The van der Waals surface area contributed by atoms with E-state index in [0.29, 0.717) is 4.32 Å². The van der Waals surface area contributed by atoms with Crippen LogP contribution in [0.3, 0.4) is 0 Å². The van der Waals surface area contributed by atoms with Crippen molar-refractivity contribution in [2.45, 2.75) is 30.5 Å². The topological polar surface area (TPSA) is 0 Å². The van der Waals surface area contributed by atoms with Gasteiger partial charge in [0.05, 0.1) is 0 Å². The number of hydrogen-bond acceptors (Lipinski definition) is 0. The molecule has 0 spiro atoms. The van der Waals surface area contributed by atoms with Gasteiger partial charge in [-0.2, -0.15) is 0 Å². The molecule has 0 aromatic heterocycles. The first-order valence-corrected chi connectivity index (χ1v) is 3.87. The van der Waals surface area contributed by atoms with Crippen molar-refractivity contribution in [3.63, 3.8) is 0 Å². The summed E-state index contributed by atoms with van der Waals surface area (Å²) in [5, 5.41) is 0. The molecule has 0 saturated carbocycles. The Morgan fingerprint density at radius 1 is 1.62 bits per heavy atom. The smallest absolute Gasteiger partial charge is 0.0408 e. The van der Waals surface area contributed by atoms with Crippen LogP contribution in [0.1, 0.15) is 26.2 Å². The Labute approximate surface area is 59.1 Å². The summed E-state index contributed by atoms with van der Waals surface area (Å²) >= 11 is 3.61. The van der Waals surface area contributed by atoms with E-state index in [1.165, 1.54) is 19.3 Å². The van der Waals surface area contributed by atoms with Gasteiger partial charge < -0.3 is 0 Å². The Morgan fingerprint density at radius 3 is 2.62 bits per heavy atom. The maximum atomic E-state index is 3.61. The minimum absolute atomic E-state index is 0.311. The normalized spacial score (nSPS) is 37.8. The van der Waals surface area contributed by atoms with Gasteiger partial charge in [0, 0.05) is 4.32 Å². The molecule has 0 aliphatic heterocycles. The first-order valence-electron chi connectivity index (χ1n) is 3.07. The molecular weight excluding hydrogens is 164 g/mol. The molecule has 0 aromatic carbocycles. The number of allylic oxidation sites excluding steroid dienone is 2. The van der Waals surface area contributed by atoms with Crippen LogP contribution in [0.4, 0.5) is 0 Å². The highest BCUT2D eigenvalue weighted by atomic mass is 79.9. The quantitative estimate of drug-likeness (QED) is 0.392. The van der Waals surface area contributed by atoms with Gasteiger partial charge in [-0.3, -0.25) is 0 Å². The minimum atomic E-state index is 0.311. The predicted octanol–water partition coefficient (Wildman–Crippen LogP) is 2.88. The molecule has 0 fully saturated rings. The molecule has 0 N–H and O–H groups in total. The van der Waals surface area contributed by atoms with Gasteiger partial charge in [0.2, 0.25) is 0 Å². The second kappa shape index (κ2) is 2.22. The number of hydrogen-bond donors (Lipinski definition) is 0. The molecule has 46 valence electrons. The molecule has 1 rings (SSSR count). The Morgan fingerprint density at radius 2 is 2.38 bits per heavy atom. The number of rotatable bonds is 0. The van der Waals surface area contributed by atoms with E-state index < -0.39 is 0 Å². The summed E-state index contributed by atoms with van der Waals surface area (Å²) in [6, 6.07) is 0. The van der Waals surface area contributed by atoms with Gasteiger partial charge in [0.1, 0.15) is 0 Å². The lowest BCUT2D eigenvalue weighted by atomic mass is 9.98. The molecule has 8 heavy (non-hydrogen) atoms. The Hall–Kier alpha value is 0.220. The van der Waals surface area contributed by atoms with Crippen molar-refractivity contribution >= 4 is 15.9 Å². The van der Waals surface area contributed by atoms with Gasteiger partial charge in [0.25, 0.3) is 0 Å². The molecule has 1 heteroatoms. The van der Waals surface area contributed by atoms with Crippen LogP contribution in [-0.2, 0) is 0 Å². The highest BCUT2D eigenvalue weighted by Gasteiger charge is 2.17. The average molecular weight is 175 g/mol. The van der Waals surface area contributed by atoms with Crippen molar-refractivity contribution in [1.82, 2.24) is 0 Å². The molecule has 0 saturated heterocycles. The predicted molar refractivity (Wildman–Crippen MR) is 40.3 cm³/mol. The van der Waals surface area contributed by atoms with Crippen molar-refractivity contribution in [2.75, 3.05) is 0 Å². The second-order valence-corrected chi connectivity index (χ2v) is 4.38. The number of alkyl halides is 1. The van der Waals surface area contributed by atoms with Crippen molar-refractivity contribution in [3.8, 4) is 0 Å². The van der Waals surface area contributed by atoms with E-state index in [9.17, 15) is 0 Å². The van der Waals surface area contributed by atoms with Crippen LogP contribution in [0.15, 0.2) is 12.2 Å². The molecule has 0 amide bonds. The Kier molecular flexibility index (Phi) is 1.76. The van der Waals surface area contributed by atoms with Crippen LogP contribution in [0.2, 0.25) is 0 Å². The minimum Gasteiger partial charge on any atom is -0.0872 e. The number of halogens is 1.